The third kappa shape index (κ3) is 4.79. The first-order valence-electron chi connectivity index (χ1n) is 8.82. The highest BCUT2D eigenvalue weighted by Crippen LogP contribution is 2.28. The molecule has 0 aliphatic carbocycles. The van der Waals surface area contributed by atoms with E-state index in [9.17, 15) is 0 Å². The van der Waals surface area contributed by atoms with Crippen molar-refractivity contribution < 1.29 is 9.47 Å². The summed E-state index contributed by atoms with van der Waals surface area (Å²) in [6.45, 7) is 3.97. The molecule has 0 bridgehead atoms. The molecule has 0 radical (unpaired) electrons. The summed E-state index contributed by atoms with van der Waals surface area (Å²) < 4.78 is 10.6. The van der Waals surface area contributed by atoms with Gasteiger partial charge in [-0.3, -0.25) is 0 Å². The van der Waals surface area contributed by atoms with Gasteiger partial charge in [-0.2, -0.15) is 20.5 Å². The smallest absolute Gasteiger partial charge is 0.123 e. The van der Waals surface area contributed by atoms with Crippen molar-refractivity contribution in [3.8, 4) is 11.5 Å². The van der Waals surface area contributed by atoms with Crippen LogP contribution in [0.5, 0.6) is 11.5 Å². The van der Waals surface area contributed by atoms with Gasteiger partial charge in [0.2, 0.25) is 0 Å². The average molecular weight is 374 g/mol. The van der Waals surface area contributed by atoms with Gasteiger partial charge in [0.15, 0.2) is 0 Å². The Morgan fingerprint density at radius 1 is 0.500 bits per heavy atom. The van der Waals surface area contributed by atoms with Crippen LogP contribution >= 0.6 is 0 Å². The molecule has 28 heavy (non-hydrogen) atoms. The van der Waals surface area contributed by atoms with E-state index in [1.165, 1.54) is 0 Å². The minimum absolute atomic E-state index is 0.732. The Hall–Kier alpha value is -3.54. The molecule has 6 heteroatoms. The van der Waals surface area contributed by atoms with E-state index in [2.05, 4.69) is 20.5 Å². The van der Waals surface area contributed by atoms with Crippen molar-refractivity contribution >= 4 is 22.7 Å². The Kier molecular flexibility index (Phi) is 6.11. The predicted octanol–water partition coefficient (Wildman–Crippen LogP) is 7.15. The lowest BCUT2D eigenvalue weighted by Crippen LogP contribution is -1.85. The number of methoxy groups -OCH3 is 2. The number of rotatable bonds is 6. The van der Waals surface area contributed by atoms with Crippen LogP contribution in [0.25, 0.3) is 0 Å². The van der Waals surface area contributed by atoms with E-state index in [-0.39, 0.29) is 0 Å². The highest BCUT2D eigenvalue weighted by molar-refractivity contribution is 5.51. The second kappa shape index (κ2) is 8.90. The van der Waals surface area contributed by atoms with Gasteiger partial charge in [-0.25, -0.2) is 0 Å². The first-order chi connectivity index (χ1) is 13.6. The van der Waals surface area contributed by atoms with E-state index in [1.807, 2.05) is 74.5 Å². The molecule has 3 aromatic carbocycles. The summed E-state index contributed by atoms with van der Waals surface area (Å²) in [7, 11) is 3.28. The molecule has 0 heterocycles. The molecule has 0 atom stereocenters. The molecule has 6 nitrogen and oxygen atoms in total. The lowest BCUT2D eigenvalue weighted by Gasteiger charge is -2.04. The zero-order valence-electron chi connectivity index (χ0n) is 16.4. The van der Waals surface area contributed by atoms with Gasteiger partial charge in [0.1, 0.15) is 11.5 Å². The van der Waals surface area contributed by atoms with Crippen molar-refractivity contribution in [3.63, 3.8) is 0 Å². The summed E-state index contributed by atoms with van der Waals surface area (Å²) >= 11 is 0. The molecule has 0 aliphatic rings. The number of hydrogen-bond donors (Lipinski definition) is 0. The van der Waals surface area contributed by atoms with Crippen LogP contribution in [0.2, 0.25) is 0 Å². The van der Waals surface area contributed by atoms with Crippen molar-refractivity contribution in [2.24, 2.45) is 20.5 Å². The van der Waals surface area contributed by atoms with E-state index < -0.39 is 0 Å². The number of nitrogens with zero attached hydrogens (tertiary/aromatic N) is 4. The molecule has 3 rings (SSSR count). The predicted molar refractivity (Wildman–Crippen MR) is 110 cm³/mol. The zero-order valence-corrected chi connectivity index (χ0v) is 16.4. The summed E-state index contributed by atoms with van der Waals surface area (Å²) in [6.07, 6.45) is 0. The van der Waals surface area contributed by atoms with Gasteiger partial charge in [0.05, 0.1) is 37.0 Å². The number of benzene rings is 3. The standard InChI is InChI=1S/C22H22N4O2/c1-15-5-7-19(13-21(15)27-3)25-23-17-9-11-18(12-10-17)24-26-20-8-6-16(2)22(14-20)28-4/h5-14H,1-4H3. The molecule has 0 fully saturated rings. The summed E-state index contributed by atoms with van der Waals surface area (Å²) in [6, 6.07) is 18.8. The minimum atomic E-state index is 0.732. The summed E-state index contributed by atoms with van der Waals surface area (Å²) in [5, 5.41) is 17.0. The highest BCUT2D eigenvalue weighted by atomic mass is 16.5. The zero-order chi connectivity index (χ0) is 19.9. The van der Waals surface area contributed by atoms with Gasteiger partial charge in [-0.15, -0.1) is 0 Å². The van der Waals surface area contributed by atoms with E-state index in [1.54, 1.807) is 14.2 Å². The second-order valence-electron chi connectivity index (χ2n) is 6.22. The fraction of sp³-hybridized carbons (Fsp3) is 0.182. The normalized spacial score (nSPS) is 11.3. The largest absolute Gasteiger partial charge is 0.496 e. The number of hydrogen-bond acceptors (Lipinski definition) is 6. The average Bonchev–Trinajstić information content (AvgIpc) is 2.73. The van der Waals surface area contributed by atoms with Gasteiger partial charge >= 0.3 is 0 Å². The van der Waals surface area contributed by atoms with E-state index in [4.69, 9.17) is 9.47 Å². The Balaban J connectivity index is 1.69. The molecule has 0 N–H and O–H groups in total. The summed E-state index contributed by atoms with van der Waals surface area (Å²) in [5.74, 6) is 1.58. The van der Waals surface area contributed by atoms with Crippen LogP contribution in [0, 0.1) is 13.8 Å². The van der Waals surface area contributed by atoms with Gasteiger partial charge in [0.25, 0.3) is 0 Å². The van der Waals surface area contributed by atoms with Crippen LogP contribution in [-0.2, 0) is 0 Å². The topological polar surface area (TPSA) is 67.9 Å². The SMILES string of the molecule is COc1cc(N=Nc2ccc(N=Nc3ccc(C)c(OC)c3)cc2)ccc1C. The molecule has 0 saturated heterocycles. The Morgan fingerprint density at radius 2 is 0.821 bits per heavy atom. The molecule has 0 amide bonds. The molecule has 0 aromatic heterocycles. The summed E-state index contributed by atoms with van der Waals surface area (Å²) in [4.78, 5) is 0. The Labute approximate surface area is 164 Å². The maximum atomic E-state index is 5.31. The van der Waals surface area contributed by atoms with Crippen molar-refractivity contribution in [1.29, 1.82) is 0 Å². The van der Waals surface area contributed by atoms with Gasteiger partial charge in [-0.1, -0.05) is 12.1 Å². The molecule has 0 aliphatic heterocycles. The monoisotopic (exact) mass is 374 g/mol. The van der Waals surface area contributed by atoms with Gasteiger partial charge in [-0.05, 0) is 61.4 Å². The fourth-order valence-electron chi connectivity index (χ4n) is 2.56. The third-order valence-corrected chi connectivity index (χ3v) is 4.19. The van der Waals surface area contributed by atoms with E-state index in [0.717, 1.165) is 45.4 Å². The van der Waals surface area contributed by atoms with Crippen LogP contribution in [0.4, 0.5) is 22.7 Å². The van der Waals surface area contributed by atoms with Gasteiger partial charge < -0.3 is 9.47 Å². The third-order valence-electron chi connectivity index (χ3n) is 4.19. The minimum Gasteiger partial charge on any atom is -0.496 e. The maximum absolute atomic E-state index is 5.31. The number of azo groups is 2. The van der Waals surface area contributed by atoms with Crippen LogP contribution in [0.1, 0.15) is 11.1 Å². The Morgan fingerprint density at radius 3 is 1.18 bits per heavy atom. The quantitative estimate of drug-likeness (QED) is 0.430. The van der Waals surface area contributed by atoms with Crippen molar-refractivity contribution in [2.45, 2.75) is 13.8 Å². The molecular weight excluding hydrogens is 352 g/mol. The fourth-order valence-corrected chi connectivity index (χ4v) is 2.56. The van der Waals surface area contributed by atoms with Crippen molar-refractivity contribution in [1.82, 2.24) is 0 Å². The lowest BCUT2D eigenvalue weighted by atomic mass is 10.2. The van der Waals surface area contributed by atoms with Crippen LogP contribution in [-0.4, -0.2) is 14.2 Å². The first kappa shape index (κ1) is 19.2. The first-order valence-corrected chi connectivity index (χ1v) is 8.82. The lowest BCUT2D eigenvalue weighted by molar-refractivity contribution is 0.412. The van der Waals surface area contributed by atoms with Crippen LogP contribution < -0.4 is 9.47 Å². The maximum Gasteiger partial charge on any atom is 0.123 e. The van der Waals surface area contributed by atoms with Crippen molar-refractivity contribution in [3.05, 3.63) is 71.8 Å². The molecular formula is C22H22N4O2. The van der Waals surface area contributed by atoms with Crippen molar-refractivity contribution in [2.75, 3.05) is 14.2 Å². The van der Waals surface area contributed by atoms with Crippen LogP contribution in [0.15, 0.2) is 81.1 Å². The van der Waals surface area contributed by atoms with Gasteiger partial charge in [0, 0.05) is 12.1 Å². The molecule has 0 saturated carbocycles. The number of ether oxygens (including phenoxy) is 2. The number of aryl methyl sites for hydroxylation is 2. The van der Waals surface area contributed by atoms with Crippen LogP contribution in [0.3, 0.4) is 0 Å². The summed E-state index contributed by atoms with van der Waals surface area (Å²) in [5.41, 5.74) is 5.05. The van der Waals surface area contributed by atoms with E-state index >= 15 is 0 Å². The molecule has 0 unspecified atom stereocenters. The highest BCUT2D eigenvalue weighted by Gasteiger charge is 2.01. The molecule has 0 spiro atoms. The Bertz CT molecular complexity index is 929. The van der Waals surface area contributed by atoms with E-state index in [0.29, 0.717) is 0 Å². The molecule has 142 valence electrons. The molecule has 3 aromatic rings. The second-order valence-corrected chi connectivity index (χ2v) is 6.22.